The van der Waals surface area contributed by atoms with Crippen LogP contribution in [0.25, 0.3) is 10.9 Å². The van der Waals surface area contributed by atoms with E-state index >= 15 is 0 Å². The number of H-pyrrole nitrogens is 1. The minimum atomic E-state index is -0.213. The minimum absolute atomic E-state index is 0.00736. The summed E-state index contributed by atoms with van der Waals surface area (Å²) < 4.78 is 7.95. The maximum Gasteiger partial charge on any atom is 0.262 e. The predicted octanol–water partition coefficient (Wildman–Crippen LogP) is 3.19. The summed E-state index contributed by atoms with van der Waals surface area (Å²) in [7, 11) is 0. The molecule has 1 aliphatic heterocycles. The molecule has 1 aromatic heterocycles. The summed E-state index contributed by atoms with van der Waals surface area (Å²) in [6.45, 7) is 4.77. The molecule has 0 radical (unpaired) electrons. The summed E-state index contributed by atoms with van der Waals surface area (Å²) in [5.74, 6) is 0. The summed E-state index contributed by atoms with van der Waals surface area (Å²) in [6, 6.07) is 7.59. The highest BCUT2D eigenvalue weighted by molar-refractivity contribution is 7.71. The molecular formula is C15H18N2O2S. The average molecular weight is 290 g/mol. The van der Waals surface area contributed by atoms with E-state index in [0.717, 1.165) is 18.4 Å². The van der Waals surface area contributed by atoms with E-state index in [2.05, 4.69) is 18.8 Å². The van der Waals surface area contributed by atoms with Crippen LogP contribution in [0.5, 0.6) is 0 Å². The van der Waals surface area contributed by atoms with Crippen LogP contribution in [-0.2, 0) is 4.74 Å². The molecule has 1 aromatic carbocycles. The molecule has 0 saturated carbocycles. The summed E-state index contributed by atoms with van der Waals surface area (Å²) in [5, 5.41) is 0.686. The molecule has 106 valence electrons. The van der Waals surface area contributed by atoms with Crippen LogP contribution in [0.4, 0.5) is 0 Å². The molecule has 5 heteroatoms. The fourth-order valence-electron chi connectivity index (χ4n) is 2.93. The number of ether oxygens (including phenoxy) is 1. The van der Waals surface area contributed by atoms with Gasteiger partial charge in [0, 0.05) is 12.6 Å². The van der Waals surface area contributed by atoms with Gasteiger partial charge in [0.05, 0.1) is 16.5 Å². The predicted molar refractivity (Wildman–Crippen MR) is 81.7 cm³/mol. The van der Waals surface area contributed by atoms with E-state index in [-0.39, 0.29) is 17.2 Å². The van der Waals surface area contributed by atoms with Gasteiger partial charge in [-0.2, -0.15) is 0 Å². The Kier molecular flexibility index (Phi) is 3.26. The number of hydrogen-bond donors (Lipinski definition) is 1. The van der Waals surface area contributed by atoms with Gasteiger partial charge in [-0.1, -0.05) is 12.1 Å². The Bertz CT molecular complexity index is 760. The van der Waals surface area contributed by atoms with Crippen LogP contribution in [0, 0.1) is 4.77 Å². The van der Waals surface area contributed by atoms with Crippen LogP contribution >= 0.6 is 12.2 Å². The van der Waals surface area contributed by atoms with E-state index in [0.29, 0.717) is 16.8 Å². The van der Waals surface area contributed by atoms with E-state index < -0.39 is 0 Å². The Balaban J connectivity index is 2.17. The Hall–Kier alpha value is -1.46. The molecular weight excluding hydrogens is 272 g/mol. The molecule has 0 bridgehead atoms. The molecule has 2 aromatic rings. The minimum Gasteiger partial charge on any atom is -0.375 e. The Morgan fingerprint density at radius 1 is 1.40 bits per heavy atom. The molecule has 0 spiro atoms. The molecule has 1 N–H and O–H groups in total. The van der Waals surface area contributed by atoms with Gasteiger partial charge in [0.2, 0.25) is 0 Å². The number of nitrogens with one attached hydrogen (secondary N) is 1. The van der Waals surface area contributed by atoms with Gasteiger partial charge < -0.3 is 9.72 Å². The second kappa shape index (κ2) is 4.82. The standard InChI is InChI=1S/C15H18N2O2S/c1-15(2)9-10(7-8-19-15)17-13(18)11-5-3-4-6-12(11)16-14(17)20/h3-6,10H,7-9H2,1-2H3,(H,16,20)/t10-/m0/s1. The third-order valence-electron chi connectivity index (χ3n) is 3.87. The Morgan fingerprint density at radius 2 is 2.15 bits per heavy atom. The van der Waals surface area contributed by atoms with Crippen molar-refractivity contribution in [1.82, 2.24) is 9.55 Å². The van der Waals surface area contributed by atoms with E-state index in [1.165, 1.54) is 0 Å². The van der Waals surface area contributed by atoms with Crippen molar-refractivity contribution in [2.45, 2.75) is 38.3 Å². The van der Waals surface area contributed by atoms with Gasteiger partial charge in [-0.25, -0.2) is 0 Å². The van der Waals surface area contributed by atoms with Crippen molar-refractivity contribution in [3.05, 3.63) is 39.4 Å². The van der Waals surface area contributed by atoms with Crippen molar-refractivity contribution in [1.29, 1.82) is 0 Å². The molecule has 1 fully saturated rings. The molecule has 4 nitrogen and oxygen atoms in total. The van der Waals surface area contributed by atoms with Crippen LogP contribution in [0.3, 0.4) is 0 Å². The van der Waals surface area contributed by atoms with Crippen molar-refractivity contribution in [3.8, 4) is 0 Å². The molecule has 1 saturated heterocycles. The largest absolute Gasteiger partial charge is 0.375 e. The van der Waals surface area contributed by atoms with Gasteiger partial charge in [0.1, 0.15) is 0 Å². The van der Waals surface area contributed by atoms with Crippen LogP contribution < -0.4 is 5.56 Å². The Labute approximate surface area is 122 Å². The lowest BCUT2D eigenvalue weighted by atomic mass is 9.94. The number of nitrogens with zero attached hydrogens (tertiary/aromatic N) is 1. The monoisotopic (exact) mass is 290 g/mol. The van der Waals surface area contributed by atoms with E-state index in [1.807, 2.05) is 24.3 Å². The highest BCUT2D eigenvalue weighted by Gasteiger charge is 2.31. The molecule has 2 heterocycles. The van der Waals surface area contributed by atoms with Gasteiger partial charge in [-0.15, -0.1) is 0 Å². The summed E-state index contributed by atoms with van der Waals surface area (Å²) >= 11 is 5.39. The van der Waals surface area contributed by atoms with Crippen molar-refractivity contribution in [2.75, 3.05) is 6.61 Å². The lowest BCUT2D eigenvalue weighted by Crippen LogP contribution is -2.38. The highest BCUT2D eigenvalue weighted by atomic mass is 32.1. The molecule has 0 unspecified atom stereocenters. The zero-order valence-corrected chi connectivity index (χ0v) is 12.5. The first-order valence-electron chi connectivity index (χ1n) is 6.85. The van der Waals surface area contributed by atoms with Crippen molar-refractivity contribution in [3.63, 3.8) is 0 Å². The number of benzene rings is 1. The van der Waals surface area contributed by atoms with Crippen LogP contribution in [0.2, 0.25) is 0 Å². The maximum absolute atomic E-state index is 12.7. The maximum atomic E-state index is 12.7. The highest BCUT2D eigenvalue weighted by Crippen LogP contribution is 2.31. The molecule has 20 heavy (non-hydrogen) atoms. The number of fused-ring (bicyclic) bond motifs is 1. The van der Waals surface area contributed by atoms with Gasteiger partial charge in [-0.3, -0.25) is 9.36 Å². The number of aromatic amines is 1. The van der Waals surface area contributed by atoms with E-state index in [1.54, 1.807) is 4.57 Å². The summed E-state index contributed by atoms with van der Waals surface area (Å²) in [5.41, 5.74) is 0.576. The van der Waals surface area contributed by atoms with E-state index in [4.69, 9.17) is 17.0 Å². The van der Waals surface area contributed by atoms with Gasteiger partial charge >= 0.3 is 0 Å². The quantitative estimate of drug-likeness (QED) is 0.821. The molecule has 0 aliphatic carbocycles. The summed E-state index contributed by atoms with van der Waals surface area (Å²) in [4.78, 5) is 15.9. The molecule has 1 aliphatic rings. The average Bonchev–Trinajstić information content (AvgIpc) is 2.37. The first-order valence-corrected chi connectivity index (χ1v) is 7.26. The Morgan fingerprint density at radius 3 is 2.90 bits per heavy atom. The lowest BCUT2D eigenvalue weighted by molar-refractivity contribution is -0.0698. The van der Waals surface area contributed by atoms with Crippen molar-refractivity contribution < 1.29 is 4.74 Å². The normalized spacial score (nSPS) is 22.0. The van der Waals surface area contributed by atoms with Crippen molar-refractivity contribution >= 4 is 23.1 Å². The number of aromatic nitrogens is 2. The van der Waals surface area contributed by atoms with E-state index in [9.17, 15) is 4.79 Å². The number of rotatable bonds is 1. The van der Waals surface area contributed by atoms with Crippen LogP contribution in [0.15, 0.2) is 29.1 Å². The van der Waals surface area contributed by atoms with Crippen LogP contribution in [0.1, 0.15) is 32.7 Å². The number of hydrogen-bond acceptors (Lipinski definition) is 3. The topological polar surface area (TPSA) is 47.0 Å². The fraction of sp³-hybridized carbons (Fsp3) is 0.467. The third-order valence-corrected chi connectivity index (χ3v) is 4.17. The second-order valence-corrected chi connectivity index (χ2v) is 6.29. The SMILES string of the molecule is CC1(C)C[C@@H](n2c(=S)[nH]c3ccccc3c2=O)CCO1. The van der Waals surface area contributed by atoms with Crippen LogP contribution in [-0.4, -0.2) is 21.8 Å². The first-order chi connectivity index (χ1) is 9.48. The molecule has 3 rings (SSSR count). The number of para-hydroxylation sites is 1. The lowest BCUT2D eigenvalue weighted by Gasteiger charge is -2.36. The molecule has 1 atom stereocenters. The second-order valence-electron chi connectivity index (χ2n) is 5.91. The smallest absolute Gasteiger partial charge is 0.262 e. The zero-order chi connectivity index (χ0) is 14.3. The van der Waals surface area contributed by atoms with Crippen molar-refractivity contribution in [2.24, 2.45) is 0 Å². The van der Waals surface area contributed by atoms with Gasteiger partial charge in [-0.05, 0) is 51.0 Å². The molecule has 0 amide bonds. The fourth-order valence-corrected chi connectivity index (χ4v) is 3.27. The zero-order valence-electron chi connectivity index (χ0n) is 11.7. The third kappa shape index (κ3) is 2.31. The van der Waals surface area contributed by atoms with Gasteiger partial charge in [0.15, 0.2) is 4.77 Å². The first kappa shape index (κ1) is 13.5. The summed E-state index contributed by atoms with van der Waals surface area (Å²) in [6.07, 6.45) is 1.61. The van der Waals surface area contributed by atoms with Gasteiger partial charge in [0.25, 0.3) is 5.56 Å².